The molecule has 0 radical (unpaired) electrons. The first kappa shape index (κ1) is 17.5. The summed E-state index contributed by atoms with van der Waals surface area (Å²) in [4.78, 5) is 13.9. The van der Waals surface area contributed by atoms with Crippen LogP contribution in [0.2, 0.25) is 0 Å². The third kappa shape index (κ3) is 4.26. The highest BCUT2D eigenvalue weighted by Crippen LogP contribution is 2.28. The van der Waals surface area contributed by atoms with E-state index in [0.717, 1.165) is 56.0 Å². The number of hydrogen-bond acceptors (Lipinski definition) is 5. The number of rotatable bonds is 5. The van der Waals surface area contributed by atoms with Crippen molar-refractivity contribution in [3.8, 4) is 0 Å². The van der Waals surface area contributed by atoms with E-state index in [1.807, 2.05) is 19.1 Å². The van der Waals surface area contributed by atoms with Crippen LogP contribution in [0.5, 0.6) is 0 Å². The van der Waals surface area contributed by atoms with Crippen LogP contribution in [0.4, 0.5) is 17.3 Å². The van der Waals surface area contributed by atoms with Crippen molar-refractivity contribution in [3.05, 3.63) is 78.1 Å². The lowest BCUT2D eigenvalue weighted by molar-refractivity contribution is 0.122. The van der Waals surface area contributed by atoms with Crippen LogP contribution < -0.4 is 9.80 Å². The SMILES string of the molecule is Cc1nc(N2CCOCC2)cc(N(Cc2ccccc2)c2ccccc2)n1. The van der Waals surface area contributed by atoms with E-state index in [2.05, 4.69) is 69.4 Å². The molecule has 0 spiro atoms. The Labute approximate surface area is 160 Å². The molecule has 1 aliphatic heterocycles. The van der Waals surface area contributed by atoms with E-state index in [1.54, 1.807) is 0 Å². The number of morpholine rings is 1. The normalized spacial score (nSPS) is 14.2. The summed E-state index contributed by atoms with van der Waals surface area (Å²) in [5, 5.41) is 0. The summed E-state index contributed by atoms with van der Waals surface area (Å²) < 4.78 is 5.48. The first-order chi connectivity index (χ1) is 13.3. The molecule has 27 heavy (non-hydrogen) atoms. The van der Waals surface area contributed by atoms with Crippen molar-refractivity contribution >= 4 is 17.3 Å². The second-order valence-electron chi connectivity index (χ2n) is 6.64. The topological polar surface area (TPSA) is 41.5 Å². The Hall–Kier alpha value is -2.92. The fourth-order valence-electron chi connectivity index (χ4n) is 3.31. The second kappa shape index (κ2) is 8.18. The van der Waals surface area contributed by atoms with Gasteiger partial charge in [-0.25, -0.2) is 9.97 Å². The lowest BCUT2D eigenvalue weighted by atomic mass is 10.2. The number of ether oxygens (including phenoxy) is 1. The molecule has 2 aromatic carbocycles. The van der Waals surface area contributed by atoms with E-state index in [0.29, 0.717) is 0 Å². The average molecular weight is 360 g/mol. The molecule has 3 aromatic rings. The van der Waals surface area contributed by atoms with Gasteiger partial charge in [0, 0.05) is 31.4 Å². The molecule has 0 saturated carbocycles. The molecular weight excluding hydrogens is 336 g/mol. The van der Waals surface area contributed by atoms with Crippen LogP contribution in [0.25, 0.3) is 0 Å². The molecular formula is C22H24N4O. The largest absolute Gasteiger partial charge is 0.378 e. The van der Waals surface area contributed by atoms with E-state index in [-0.39, 0.29) is 0 Å². The van der Waals surface area contributed by atoms with Gasteiger partial charge in [0.1, 0.15) is 17.5 Å². The summed E-state index contributed by atoms with van der Waals surface area (Å²) in [6, 6.07) is 23.0. The van der Waals surface area contributed by atoms with Gasteiger partial charge in [-0.3, -0.25) is 0 Å². The zero-order valence-corrected chi connectivity index (χ0v) is 15.6. The van der Waals surface area contributed by atoms with Crippen LogP contribution >= 0.6 is 0 Å². The van der Waals surface area contributed by atoms with Gasteiger partial charge in [0.15, 0.2) is 0 Å². The molecule has 1 fully saturated rings. The second-order valence-corrected chi connectivity index (χ2v) is 6.64. The number of hydrogen-bond donors (Lipinski definition) is 0. The van der Waals surface area contributed by atoms with Crippen molar-refractivity contribution in [2.75, 3.05) is 36.1 Å². The maximum atomic E-state index is 5.48. The number of aryl methyl sites for hydroxylation is 1. The molecule has 2 heterocycles. The first-order valence-electron chi connectivity index (χ1n) is 9.34. The predicted molar refractivity (Wildman–Crippen MR) is 109 cm³/mol. The minimum absolute atomic E-state index is 0.741. The molecule has 4 rings (SSSR count). The van der Waals surface area contributed by atoms with Crippen LogP contribution in [0.3, 0.4) is 0 Å². The Morgan fingerprint density at radius 1 is 0.926 bits per heavy atom. The maximum Gasteiger partial charge on any atom is 0.139 e. The maximum absolute atomic E-state index is 5.48. The van der Waals surface area contributed by atoms with Crippen molar-refractivity contribution in [2.45, 2.75) is 13.5 Å². The molecule has 5 heteroatoms. The Balaban J connectivity index is 1.72. The molecule has 0 atom stereocenters. The third-order valence-electron chi connectivity index (χ3n) is 4.67. The molecule has 138 valence electrons. The highest BCUT2D eigenvalue weighted by Gasteiger charge is 2.18. The Kier molecular flexibility index (Phi) is 5.30. The monoisotopic (exact) mass is 360 g/mol. The lowest BCUT2D eigenvalue weighted by Crippen LogP contribution is -2.37. The highest BCUT2D eigenvalue weighted by atomic mass is 16.5. The number of nitrogens with zero attached hydrogens (tertiary/aromatic N) is 4. The summed E-state index contributed by atoms with van der Waals surface area (Å²) in [6.07, 6.45) is 0. The third-order valence-corrected chi connectivity index (χ3v) is 4.67. The number of benzene rings is 2. The van der Waals surface area contributed by atoms with Crippen LogP contribution in [0.1, 0.15) is 11.4 Å². The fourth-order valence-corrected chi connectivity index (χ4v) is 3.31. The number of aromatic nitrogens is 2. The van der Waals surface area contributed by atoms with E-state index in [1.165, 1.54) is 5.56 Å². The highest BCUT2D eigenvalue weighted by molar-refractivity contribution is 5.63. The molecule has 1 saturated heterocycles. The molecule has 0 bridgehead atoms. The van der Waals surface area contributed by atoms with Crippen LogP contribution in [-0.2, 0) is 11.3 Å². The van der Waals surface area contributed by atoms with Crippen molar-refractivity contribution in [2.24, 2.45) is 0 Å². The summed E-state index contributed by atoms with van der Waals surface area (Å²) in [5.41, 5.74) is 2.36. The van der Waals surface area contributed by atoms with Gasteiger partial charge in [-0.1, -0.05) is 48.5 Å². The van der Waals surface area contributed by atoms with Gasteiger partial charge in [0.05, 0.1) is 13.2 Å². The summed E-state index contributed by atoms with van der Waals surface area (Å²) >= 11 is 0. The fraction of sp³-hybridized carbons (Fsp3) is 0.273. The molecule has 0 aliphatic carbocycles. The standard InChI is InChI=1S/C22H24N4O/c1-18-23-21(25-12-14-27-15-13-25)16-22(24-18)26(20-10-6-3-7-11-20)17-19-8-4-2-5-9-19/h2-11,16H,12-15,17H2,1H3. The molecule has 0 N–H and O–H groups in total. The Morgan fingerprint density at radius 2 is 1.59 bits per heavy atom. The lowest BCUT2D eigenvalue weighted by Gasteiger charge is -2.30. The van der Waals surface area contributed by atoms with Gasteiger partial charge in [-0.05, 0) is 24.6 Å². The minimum atomic E-state index is 0.741. The molecule has 1 aromatic heterocycles. The van der Waals surface area contributed by atoms with Gasteiger partial charge in [0.25, 0.3) is 0 Å². The molecule has 1 aliphatic rings. The number of anilines is 3. The average Bonchev–Trinajstić information content (AvgIpc) is 2.73. The van der Waals surface area contributed by atoms with Gasteiger partial charge < -0.3 is 14.5 Å². The zero-order valence-electron chi connectivity index (χ0n) is 15.6. The van der Waals surface area contributed by atoms with Crippen LogP contribution in [0, 0.1) is 6.92 Å². The molecule has 0 amide bonds. The Morgan fingerprint density at radius 3 is 2.30 bits per heavy atom. The van der Waals surface area contributed by atoms with E-state index < -0.39 is 0 Å². The zero-order chi connectivity index (χ0) is 18.5. The van der Waals surface area contributed by atoms with Gasteiger partial charge in [-0.2, -0.15) is 0 Å². The number of para-hydroxylation sites is 1. The molecule has 0 unspecified atom stereocenters. The first-order valence-corrected chi connectivity index (χ1v) is 9.34. The van der Waals surface area contributed by atoms with Gasteiger partial charge in [-0.15, -0.1) is 0 Å². The smallest absolute Gasteiger partial charge is 0.139 e. The van der Waals surface area contributed by atoms with Crippen LogP contribution in [-0.4, -0.2) is 36.3 Å². The molecule has 5 nitrogen and oxygen atoms in total. The van der Waals surface area contributed by atoms with E-state index in [9.17, 15) is 0 Å². The minimum Gasteiger partial charge on any atom is -0.378 e. The van der Waals surface area contributed by atoms with Crippen molar-refractivity contribution in [3.63, 3.8) is 0 Å². The summed E-state index contributed by atoms with van der Waals surface area (Å²) in [6.45, 7) is 5.92. The van der Waals surface area contributed by atoms with E-state index in [4.69, 9.17) is 9.72 Å². The van der Waals surface area contributed by atoms with Gasteiger partial charge in [0.2, 0.25) is 0 Å². The summed E-state index contributed by atoms with van der Waals surface area (Å²) in [7, 11) is 0. The van der Waals surface area contributed by atoms with Crippen molar-refractivity contribution in [1.82, 2.24) is 9.97 Å². The quantitative estimate of drug-likeness (QED) is 0.689. The van der Waals surface area contributed by atoms with E-state index >= 15 is 0 Å². The van der Waals surface area contributed by atoms with Crippen LogP contribution in [0.15, 0.2) is 66.7 Å². The van der Waals surface area contributed by atoms with Crippen molar-refractivity contribution in [1.29, 1.82) is 0 Å². The van der Waals surface area contributed by atoms with Gasteiger partial charge >= 0.3 is 0 Å². The predicted octanol–water partition coefficient (Wildman–Crippen LogP) is 3.96. The van der Waals surface area contributed by atoms with Crippen molar-refractivity contribution < 1.29 is 4.74 Å². The Bertz CT molecular complexity index is 864. The summed E-state index contributed by atoms with van der Waals surface area (Å²) in [5.74, 6) is 2.66.